The van der Waals surface area contributed by atoms with E-state index in [4.69, 9.17) is 5.11 Å². The highest BCUT2D eigenvalue weighted by atomic mass is 32.2. The van der Waals surface area contributed by atoms with Crippen molar-refractivity contribution in [1.82, 2.24) is 4.31 Å². The molecule has 2 rings (SSSR count). The number of hydrogen-bond acceptors (Lipinski definition) is 4. The maximum atomic E-state index is 12.1. The predicted molar refractivity (Wildman–Crippen MR) is 58.9 cm³/mol. The van der Waals surface area contributed by atoms with Gasteiger partial charge in [-0.05, 0) is 24.3 Å². The molecule has 1 aliphatic rings. The van der Waals surface area contributed by atoms with Crippen LogP contribution in [0.15, 0.2) is 21.7 Å². The number of hydrogen-bond donors (Lipinski definition) is 1. The molecule has 5 nitrogen and oxygen atoms in total. The monoisotopic (exact) mass is 261 g/mol. The minimum Gasteiger partial charge on any atom is -0.480 e. The molecule has 0 aromatic carbocycles. The van der Waals surface area contributed by atoms with E-state index in [1.165, 1.54) is 6.07 Å². The van der Waals surface area contributed by atoms with Gasteiger partial charge in [-0.3, -0.25) is 4.79 Å². The van der Waals surface area contributed by atoms with Crippen molar-refractivity contribution in [3.05, 3.63) is 17.5 Å². The summed E-state index contributed by atoms with van der Waals surface area (Å²) in [6.07, 6.45) is 0.988. The highest BCUT2D eigenvalue weighted by molar-refractivity contribution is 7.91. The lowest BCUT2D eigenvalue weighted by Gasteiger charge is -2.19. The smallest absolute Gasteiger partial charge is 0.322 e. The van der Waals surface area contributed by atoms with Crippen molar-refractivity contribution in [2.24, 2.45) is 0 Å². The standard InChI is InChI=1S/C9H11NO4S2/c11-9(12)7-3-1-5-10(7)16(13,14)8-4-2-6-15-8/h2,4,6-7H,1,3,5H2,(H,11,12)/t7-/m1/s1. The van der Waals surface area contributed by atoms with Gasteiger partial charge in [-0.15, -0.1) is 11.3 Å². The molecular formula is C9H11NO4S2. The zero-order valence-corrected chi connectivity index (χ0v) is 10.00. The Labute approximate surface area is 97.4 Å². The van der Waals surface area contributed by atoms with Gasteiger partial charge in [-0.2, -0.15) is 4.31 Å². The van der Waals surface area contributed by atoms with E-state index in [1.807, 2.05) is 0 Å². The minimum atomic E-state index is -3.62. The van der Waals surface area contributed by atoms with Gasteiger partial charge in [0.15, 0.2) is 0 Å². The minimum absolute atomic E-state index is 0.209. The molecule has 0 spiro atoms. The first-order valence-corrected chi connectivity index (χ1v) is 7.13. The maximum Gasteiger partial charge on any atom is 0.322 e. The predicted octanol–water partition coefficient (Wildman–Crippen LogP) is 0.986. The first-order valence-electron chi connectivity index (χ1n) is 4.81. The van der Waals surface area contributed by atoms with Gasteiger partial charge in [0.2, 0.25) is 0 Å². The summed E-state index contributed by atoms with van der Waals surface area (Å²) in [7, 11) is -3.62. The van der Waals surface area contributed by atoms with Crippen LogP contribution in [-0.4, -0.2) is 36.4 Å². The lowest BCUT2D eigenvalue weighted by Crippen LogP contribution is -2.40. The molecule has 0 amide bonds. The molecule has 0 unspecified atom stereocenters. The van der Waals surface area contributed by atoms with Crippen LogP contribution in [-0.2, 0) is 14.8 Å². The molecule has 1 aromatic heterocycles. The van der Waals surface area contributed by atoms with Gasteiger partial charge < -0.3 is 5.11 Å². The molecule has 0 bridgehead atoms. The number of carbonyl (C=O) groups is 1. The molecule has 1 saturated heterocycles. The van der Waals surface area contributed by atoms with Crippen LogP contribution < -0.4 is 0 Å². The van der Waals surface area contributed by atoms with Crippen LogP contribution in [0, 0.1) is 0 Å². The van der Waals surface area contributed by atoms with Crippen LogP contribution in [0.5, 0.6) is 0 Å². The Kier molecular flexibility index (Phi) is 3.00. The van der Waals surface area contributed by atoms with Gasteiger partial charge in [0.25, 0.3) is 10.0 Å². The molecule has 0 saturated carbocycles. The fraction of sp³-hybridized carbons (Fsp3) is 0.444. The molecular weight excluding hydrogens is 250 g/mol. The number of thiophene rings is 1. The fourth-order valence-corrected chi connectivity index (χ4v) is 4.57. The van der Waals surface area contributed by atoms with Crippen molar-refractivity contribution < 1.29 is 18.3 Å². The average Bonchev–Trinajstić information content (AvgIpc) is 2.89. The Morgan fingerprint density at radius 1 is 1.56 bits per heavy atom. The van der Waals surface area contributed by atoms with Crippen LogP contribution >= 0.6 is 11.3 Å². The van der Waals surface area contributed by atoms with Gasteiger partial charge in [-0.1, -0.05) is 6.07 Å². The normalized spacial score (nSPS) is 22.4. The Balaban J connectivity index is 2.34. The quantitative estimate of drug-likeness (QED) is 0.880. The molecule has 1 atom stereocenters. The summed E-state index contributed by atoms with van der Waals surface area (Å²) >= 11 is 1.11. The highest BCUT2D eigenvalue weighted by Crippen LogP contribution is 2.28. The summed E-state index contributed by atoms with van der Waals surface area (Å²) in [5, 5.41) is 10.6. The van der Waals surface area contributed by atoms with Crippen molar-refractivity contribution in [2.45, 2.75) is 23.1 Å². The van der Waals surface area contributed by atoms with E-state index in [0.717, 1.165) is 15.6 Å². The van der Waals surface area contributed by atoms with E-state index in [-0.39, 0.29) is 10.8 Å². The second kappa shape index (κ2) is 4.15. The number of nitrogens with zero attached hydrogens (tertiary/aromatic N) is 1. The molecule has 1 aliphatic heterocycles. The van der Waals surface area contributed by atoms with Crippen molar-refractivity contribution in [1.29, 1.82) is 0 Å². The molecule has 1 N–H and O–H groups in total. The van der Waals surface area contributed by atoms with E-state index in [9.17, 15) is 13.2 Å². The number of carboxylic acid groups (broad SMARTS) is 1. The lowest BCUT2D eigenvalue weighted by molar-refractivity contribution is -0.140. The van der Waals surface area contributed by atoms with E-state index in [2.05, 4.69) is 0 Å². The Morgan fingerprint density at radius 3 is 2.88 bits per heavy atom. The zero-order chi connectivity index (χ0) is 11.8. The molecule has 88 valence electrons. The van der Waals surface area contributed by atoms with Gasteiger partial charge >= 0.3 is 5.97 Å². The first-order chi connectivity index (χ1) is 7.53. The summed E-state index contributed by atoms with van der Waals surface area (Å²) in [5.74, 6) is -1.07. The summed E-state index contributed by atoms with van der Waals surface area (Å²) < 4.78 is 25.5. The molecule has 2 heterocycles. The number of rotatable bonds is 3. The van der Waals surface area contributed by atoms with Crippen LogP contribution in [0.2, 0.25) is 0 Å². The SMILES string of the molecule is O=C(O)[C@H]1CCCN1S(=O)(=O)c1cccs1. The average molecular weight is 261 g/mol. The van der Waals surface area contributed by atoms with Crippen molar-refractivity contribution in [3.63, 3.8) is 0 Å². The topological polar surface area (TPSA) is 74.7 Å². The Hall–Kier alpha value is -0.920. The lowest BCUT2D eigenvalue weighted by atomic mass is 10.2. The molecule has 7 heteroatoms. The van der Waals surface area contributed by atoms with E-state index >= 15 is 0 Å². The van der Waals surface area contributed by atoms with Gasteiger partial charge in [0, 0.05) is 6.54 Å². The maximum absolute atomic E-state index is 12.1. The third-order valence-corrected chi connectivity index (χ3v) is 5.83. The number of aliphatic carboxylic acids is 1. The van der Waals surface area contributed by atoms with Crippen molar-refractivity contribution >= 4 is 27.3 Å². The van der Waals surface area contributed by atoms with E-state index < -0.39 is 22.0 Å². The number of sulfonamides is 1. The third kappa shape index (κ3) is 1.85. The Morgan fingerprint density at radius 2 is 2.31 bits per heavy atom. The van der Waals surface area contributed by atoms with Crippen molar-refractivity contribution in [3.8, 4) is 0 Å². The van der Waals surface area contributed by atoms with Crippen LogP contribution in [0.25, 0.3) is 0 Å². The van der Waals surface area contributed by atoms with Crippen LogP contribution in [0.3, 0.4) is 0 Å². The molecule has 0 radical (unpaired) electrons. The first kappa shape index (κ1) is 11.6. The summed E-state index contributed by atoms with van der Waals surface area (Å²) in [5.41, 5.74) is 0. The van der Waals surface area contributed by atoms with E-state index in [1.54, 1.807) is 11.4 Å². The molecule has 16 heavy (non-hydrogen) atoms. The number of carboxylic acids is 1. The zero-order valence-electron chi connectivity index (χ0n) is 8.37. The second-order valence-electron chi connectivity index (χ2n) is 3.54. The largest absolute Gasteiger partial charge is 0.480 e. The molecule has 1 fully saturated rings. The van der Waals surface area contributed by atoms with Gasteiger partial charge in [0.1, 0.15) is 10.3 Å². The fourth-order valence-electron chi connectivity index (χ4n) is 1.80. The summed E-state index contributed by atoms with van der Waals surface area (Å²) in [4.78, 5) is 10.9. The van der Waals surface area contributed by atoms with Crippen molar-refractivity contribution in [2.75, 3.05) is 6.54 Å². The summed E-state index contributed by atoms with van der Waals surface area (Å²) in [6, 6.07) is 2.23. The Bertz CT molecular complexity index is 480. The van der Waals surface area contributed by atoms with Crippen LogP contribution in [0.4, 0.5) is 0 Å². The van der Waals surface area contributed by atoms with Crippen LogP contribution in [0.1, 0.15) is 12.8 Å². The third-order valence-electron chi connectivity index (χ3n) is 2.55. The van der Waals surface area contributed by atoms with E-state index in [0.29, 0.717) is 12.8 Å². The van der Waals surface area contributed by atoms with Gasteiger partial charge in [0.05, 0.1) is 0 Å². The second-order valence-corrected chi connectivity index (χ2v) is 6.61. The highest BCUT2D eigenvalue weighted by Gasteiger charge is 2.39. The molecule has 1 aromatic rings. The summed E-state index contributed by atoms with van der Waals surface area (Å²) in [6.45, 7) is 0.289. The molecule has 0 aliphatic carbocycles. The van der Waals surface area contributed by atoms with Gasteiger partial charge in [-0.25, -0.2) is 8.42 Å².